The Balaban J connectivity index is 1.33. The molecule has 0 spiro atoms. The van der Waals surface area contributed by atoms with E-state index in [9.17, 15) is 10.1 Å². The number of nitrogens with zero attached hydrogens (tertiary/aromatic N) is 6. The number of hydrogen-bond donors (Lipinski definition) is 0. The summed E-state index contributed by atoms with van der Waals surface area (Å²) in [5, 5.41) is 9.44. The number of anilines is 2. The van der Waals surface area contributed by atoms with Gasteiger partial charge in [0.25, 0.3) is 5.91 Å². The van der Waals surface area contributed by atoms with Gasteiger partial charge in [-0.2, -0.15) is 5.26 Å². The molecule has 0 radical (unpaired) electrons. The Hall–Kier alpha value is -4.39. The number of aromatic nitrogens is 3. The van der Waals surface area contributed by atoms with Crippen LogP contribution in [0.15, 0.2) is 49.1 Å². The van der Waals surface area contributed by atoms with Gasteiger partial charge in [0, 0.05) is 31.4 Å². The summed E-state index contributed by atoms with van der Waals surface area (Å²) in [6.45, 7) is 2.16. The maximum atomic E-state index is 12.6. The van der Waals surface area contributed by atoms with Crippen LogP contribution in [0.5, 0.6) is 17.4 Å². The summed E-state index contributed by atoms with van der Waals surface area (Å²) in [5.41, 5.74) is 2.28. The Labute approximate surface area is 196 Å². The van der Waals surface area contributed by atoms with E-state index >= 15 is 0 Å². The first-order valence-electron chi connectivity index (χ1n) is 10.9. The third-order valence-corrected chi connectivity index (χ3v) is 5.77. The van der Waals surface area contributed by atoms with Crippen molar-refractivity contribution in [1.82, 2.24) is 19.9 Å². The number of carbonyl (C=O) groups excluding carboxylic acids is 1. The summed E-state index contributed by atoms with van der Waals surface area (Å²) >= 11 is 0. The topological polar surface area (TPSA) is 114 Å². The standard InChI is InChI=1S/C24H22N6O4/c1-32-23-16(12-25)10-17(13-28-23)30-8-9-33-22-3-2-18(11-21(22)30)34-19-4-7-29(15-19)24(31)20-14-26-5-6-27-20/h2-3,5-6,10-11,13-14,19H,4,7-9,15H2,1H3. The largest absolute Gasteiger partial charge is 0.490 e. The molecule has 1 unspecified atom stereocenters. The van der Waals surface area contributed by atoms with E-state index in [-0.39, 0.29) is 12.0 Å². The Morgan fingerprint density at radius 3 is 2.91 bits per heavy atom. The number of amides is 1. The quantitative estimate of drug-likeness (QED) is 0.569. The van der Waals surface area contributed by atoms with Gasteiger partial charge in [0.15, 0.2) is 0 Å². The van der Waals surface area contributed by atoms with E-state index in [0.29, 0.717) is 49.1 Å². The lowest BCUT2D eigenvalue weighted by atomic mass is 10.2. The number of ether oxygens (including phenoxy) is 3. The molecule has 0 aliphatic carbocycles. The second-order valence-electron chi connectivity index (χ2n) is 7.86. The summed E-state index contributed by atoms with van der Waals surface area (Å²) in [7, 11) is 1.49. The van der Waals surface area contributed by atoms with Crippen molar-refractivity contribution in [3.05, 3.63) is 60.3 Å². The molecule has 34 heavy (non-hydrogen) atoms. The lowest BCUT2D eigenvalue weighted by molar-refractivity contribution is 0.0766. The predicted molar refractivity (Wildman–Crippen MR) is 121 cm³/mol. The number of rotatable bonds is 5. The number of nitriles is 1. The number of hydrogen-bond acceptors (Lipinski definition) is 9. The van der Waals surface area contributed by atoms with Gasteiger partial charge in [-0.3, -0.25) is 9.78 Å². The van der Waals surface area contributed by atoms with Gasteiger partial charge in [0.05, 0.1) is 44.0 Å². The van der Waals surface area contributed by atoms with Crippen LogP contribution in [-0.4, -0.2) is 65.2 Å². The van der Waals surface area contributed by atoms with Crippen LogP contribution in [0, 0.1) is 11.3 Å². The van der Waals surface area contributed by atoms with Gasteiger partial charge in [-0.25, -0.2) is 9.97 Å². The molecule has 0 bridgehead atoms. The monoisotopic (exact) mass is 458 g/mol. The molecule has 1 fully saturated rings. The predicted octanol–water partition coefficient (Wildman–Crippen LogP) is 2.58. The van der Waals surface area contributed by atoms with Gasteiger partial charge < -0.3 is 24.0 Å². The SMILES string of the molecule is COc1ncc(N2CCOc3ccc(OC4CCN(C(=O)c5cnccn5)C4)cc32)cc1C#N. The summed E-state index contributed by atoms with van der Waals surface area (Å²) in [6.07, 6.45) is 6.78. The van der Waals surface area contributed by atoms with Gasteiger partial charge in [-0.1, -0.05) is 0 Å². The fraction of sp³-hybridized carbons (Fsp3) is 0.292. The number of pyridine rings is 1. The van der Waals surface area contributed by atoms with E-state index < -0.39 is 0 Å². The minimum atomic E-state index is -0.149. The highest BCUT2D eigenvalue weighted by molar-refractivity contribution is 5.92. The molecule has 4 heterocycles. The number of fused-ring (bicyclic) bond motifs is 1. The van der Waals surface area contributed by atoms with Crippen LogP contribution in [0.2, 0.25) is 0 Å². The Morgan fingerprint density at radius 2 is 2.12 bits per heavy atom. The maximum absolute atomic E-state index is 12.6. The zero-order chi connectivity index (χ0) is 23.5. The number of benzene rings is 1. The van der Waals surface area contributed by atoms with Gasteiger partial charge in [0.1, 0.15) is 41.5 Å². The molecule has 10 heteroatoms. The average Bonchev–Trinajstić information content (AvgIpc) is 3.36. The second kappa shape index (κ2) is 9.23. The van der Waals surface area contributed by atoms with Gasteiger partial charge in [0.2, 0.25) is 5.88 Å². The zero-order valence-corrected chi connectivity index (χ0v) is 18.5. The van der Waals surface area contributed by atoms with Crippen molar-refractivity contribution in [2.75, 3.05) is 38.3 Å². The minimum Gasteiger partial charge on any atom is -0.490 e. The van der Waals surface area contributed by atoms with E-state index in [2.05, 4.69) is 21.0 Å². The van der Waals surface area contributed by atoms with Crippen LogP contribution < -0.4 is 19.1 Å². The molecule has 1 amide bonds. The van der Waals surface area contributed by atoms with Crippen molar-refractivity contribution in [2.24, 2.45) is 0 Å². The first-order valence-corrected chi connectivity index (χ1v) is 10.9. The van der Waals surface area contributed by atoms with Crippen LogP contribution in [0.1, 0.15) is 22.5 Å². The van der Waals surface area contributed by atoms with Crippen LogP contribution in [0.4, 0.5) is 11.4 Å². The normalized spacial score (nSPS) is 16.9. The molecule has 0 saturated carbocycles. The number of carbonyl (C=O) groups is 1. The molecule has 2 aromatic heterocycles. The highest BCUT2D eigenvalue weighted by Crippen LogP contribution is 2.40. The first-order chi connectivity index (χ1) is 16.7. The molecule has 2 aliphatic heterocycles. The molecular weight excluding hydrogens is 436 g/mol. The number of methoxy groups -OCH3 is 1. The lowest BCUT2D eigenvalue weighted by Crippen LogP contribution is -2.31. The molecule has 0 N–H and O–H groups in total. The molecule has 3 aromatic rings. The van der Waals surface area contributed by atoms with Gasteiger partial charge in [-0.05, 0) is 18.2 Å². The molecular formula is C24H22N6O4. The average molecular weight is 458 g/mol. The highest BCUT2D eigenvalue weighted by Gasteiger charge is 2.30. The molecule has 1 saturated heterocycles. The summed E-state index contributed by atoms with van der Waals surface area (Å²) in [4.78, 5) is 28.7. The smallest absolute Gasteiger partial charge is 0.274 e. The summed E-state index contributed by atoms with van der Waals surface area (Å²) < 4.78 is 17.2. The maximum Gasteiger partial charge on any atom is 0.274 e. The second-order valence-corrected chi connectivity index (χ2v) is 7.86. The van der Waals surface area contributed by atoms with Crippen LogP contribution >= 0.6 is 0 Å². The van der Waals surface area contributed by atoms with Crippen molar-refractivity contribution >= 4 is 17.3 Å². The van der Waals surface area contributed by atoms with E-state index in [0.717, 1.165) is 23.5 Å². The fourth-order valence-electron chi connectivity index (χ4n) is 4.14. The van der Waals surface area contributed by atoms with Crippen molar-refractivity contribution in [2.45, 2.75) is 12.5 Å². The molecule has 5 rings (SSSR count). The Morgan fingerprint density at radius 1 is 1.21 bits per heavy atom. The molecule has 172 valence electrons. The third kappa shape index (κ3) is 4.15. The third-order valence-electron chi connectivity index (χ3n) is 5.77. The van der Waals surface area contributed by atoms with Gasteiger partial charge in [-0.15, -0.1) is 0 Å². The molecule has 1 aromatic carbocycles. The lowest BCUT2D eigenvalue weighted by Gasteiger charge is -2.31. The van der Waals surface area contributed by atoms with E-state index in [1.165, 1.54) is 19.5 Å². The first kappa shape index (κ1) is 21.5. The minimum absolute atomic E-state index is 0.135. The van der Waals surface area contributed by atoms with Crippen LogP contribution in [-0.2, 0) is 0 Å². The van der Waals surface area contributed by atoms with Crippen molar-refractivity contribution in [1.29, 1.82) is 5.26 Å². The molecule has 2 aliphatic rings. The summed E-state index contributed by atoms with van der Waals surface area (Å²) in [5.74, 6) is 1.54. The fourth-order valence-corrected chi connectivity index (χ4v) is 4.14. The molecule has 1 atom stereocenters. The molecule has 10 nitrogen and oxygen atoms in total. The van der Waals surface area contributed by atoms with E-state index in [1.54, 1.807) is 23.4 Å². The Kier molecular flexibility index (Phi) is 5.82. The van der Waals surface area contributed by atoms with Crippen LogP contribution in [0.3, 0.4) is 0 Å². The Bertz CT molecular complexity index is 1250. The van der Waals surface area contributed by atoms with E-state index in [1.807, 2.05) is 23.1 Å². The van der Waals surface area contributed by atoms with E-state index in [4.69, 9.17) is 14.2 Å². The number of likely N-dealkylation sites (tertiary alicyclic amines) is 1. The van der Waals surface area contributed by atoms with Crippen molar-refractivity contribution < 1.29 is 19.0 Å². The van der Waals surface area contributed by atoms with Gasteiger partial charge >= 0.3 is 0 Å². The summed E-state index contributed by atoms with van der Waals surface area (Å²) in [6, 6.07) is 9.52. The van der Waals surface area contributed by atoms with Crippen molar-refractivity contribution in [3.8, 4) is 23.4 Å². The van der Waals surface area contributed by atoms with Crippen molar-refractivity contribution in [3.63, 3.8) is 0 Å². The highest BCUT2D eigenvalue weighted by atomic mass is 16.5. The van der Waals surface area contributed by atoms with Crippen LogP contribution in [0.25, 0.3) is 0 Å². The zero-order valence-electron chi connectivity index (χ0n) is 18.5.